The van der Waals surface area contributed by atoms with Crippen molar-refractivity contribution in [2.75, 3.05) is 0 Å². The molecule has 0 fully saturated rings. The largest absolute Gasteiger partial charge is 0.289 e. The molecule has 0 saturated heterocycles. The van der Waals surface area contributed by atoms with Crippen molar-refractivity contribution in [3.05, 3.63) is 18.2 Å². The lowest BCUT2D eigenvalue weighted by molar-refractivity contribution is 0.343. The van der Waals surface area contributed by atoms with Gasteiger partial charge in [-0.3, -0.25) is 5.11 Å². The van der Waals surface area contributed by atoms with Crippen LogP contribution >= 0.6 is 43.3 Å². The van der Waals surface area contributed by atoms with Gasteiger partial charge in [-0.25, -0.2) is 0 Å². The zero-order valence-corrected chi connectivity index (χ0v) is 8.36. The Balaban J connectivity index is 2.99. The first-order valence-electron chi connectivity index (χ1n) is 2.66. The minimum atomic E-state index is -0.0874. The molecule has 0 aliphatic carbocycles. The summed E-state index contributed by atoms with van der Waals surface area (Å²) in [5.74, 6) is -0.0874. The lowest BCUT2D eigenvalue weighted by atomic mass is 10.3. The Kier molecular flexibility index (Phi) is 3.72. The Morgan fingerprint density at radius 2 is 1.91 bits per heavy atom. The Bertz CT molecular complexity index is 254. The molecule has 11 heavy (non-hydrogen) atoms. The molecule has 0 heterocycles. The predicted molar refractivity (Wildman–Crippen MR) is 50.0 cm³/mol. The number of halogens is 2. The molecule has 0 aromatic heterocycles. The molecule has 1 rings (SSSR count). The summed E-state index contributed by atoms with van der Waals surface area (Å²) in [6, 6.07) is 4.87. The fourth-order valence-corrected chi connectivity index (χ4v) is 1.80. The lowest BCUT2D eigenvalue weighted by Gasteiger charge is -1.97. The monoisotopic (exact) mass is 225 g/mol. The van der Waals surface area contributed by atoms with Crippen LogP contribution in [-0.2, 0) is 5.11 Å². The first-order valence-corrected chi connectivity index (χ1v) is 5.94. The van der Waals surface area contributed by atoms with E-state index >= 15 is 0 Å². The molecular weight excluding hydrogens is 223 g/mol. The molecule has 0 N–H and O–H groups in total. The molecule has 0 atom stereocenters. The van der Waals surface area contributed by atoms with E-state index in [-0.39, 0.29) is 5.75 Å². The normalized spacial score (nSPS) is 10.0. The molecule has 0 saturated carbocycles. The highest BCUT2D eigenvalue weighted by molar-refractivity contribution is 8.21. The highest BCUT2D eigenvalue weighted by Gasteiger charge is 2.03. The van der Waals surface area contributed by atoms with Gasteiger partial charge in [0.15, 0.2) is 5.75 Å². The first kappa shape index (κ1) is 9.39. The fraction of sp³-hybridized carbons (Fsp3) is 0. The maximum Gasteiger partial charge on any atom is 0.194 e. The third-order valence-electron chi connectivity index (χ3n) is 1.09. The third kappa shape index (κ3) is 2.37. The zero-order chi connectivity index (χ0) is 8.27. The van der Waals surface area contributed by atoms with Crippen molar-refractivity contribution in [1.82, 2.24) is 0 Å². The van der Waals surface area contributed by atoms with Crippen LogP contribution in [0.15, 0.2) is 28.0 Å². The van der Waals surface area contributed by atoms with Crippen molar-refractivity contribution in [3.63, 3.8) is 0 Å². The van der Waals surface area contributed by atoms with Gasteiger partial charge in [-0.2, -0.15) is 0 Å². The molecule has 1 nitrogen and oxygen atoms in total. The maximum atomic E-state index is 11.1. The second-order valence-electron chi connectivity index (χ2n) is 1.76. The van der Waals surface area contributed by atoms with Crippen LogP contribution in [0.2, 0.25) is 0 Å². The maximum absolute atomic E-state index is 11.1. The van der Waals surface area contributed by atoms with Crippen LogP contribution in [0.1, 0.15) is 0 Å². The van der Waals surface area contributed by atoms with E-state index < -0.39 is 0 Å². The highest BCUT2D eigenvalue weighted by atomic mass is 35.7. The Hall–Kier alpha value is 0.300. The lowest BCUT2D eigenvalue weighted by Crippen LogP contribution is -1.70. The van der Waals surface area contributed by atoms with Crippen molar-refractivity contribution in [1.29, 1.82) is 0 Å². The van der Waals surface area contributed by atoms with Crippen LogP contribution in [0.5, 0.6) is 5.75 Å². The Morgan fingerprint density at radius 1 is 1.18 bits per heavy atom. The molecule has 59 valence electrons. The van der Waals surface area contributed by atoms with Crippen molar-refractivity contribution < 1.29 is 5.11 Å². The molecule has 0 unspecified atom stereocenters. The summed E-state index contributed by atoms with van der Waals surface area (Å²) < 4.78 is 0. The molecule has 1 aromatic rings. The van der Waals surface area contributed by atoms with Gasteiger partial charge in [-0.05, 0) is 55.4 Å². The van der Waals surface area contributed by atoms with Crippen molar-refractivity contribution in [3.8, 4) is 5.75 Å². The summed E-state index contributed by atoms with van der Waals surface area (Å²) in [7, 11) is 12.8. The molecule has 1 aromatic carbocycles. The second kappa shape index (κ2) is 4.36. The molecular formula is C6H3Cl2OS2. The van der Waals surface area contributed by atoms with E-state index in [2.05, 4.69) is 0 Å². The summed E-state index contributed by atoms with van der Waals surface area (Å²) in [6.45, 7) is 0. The summed E-state index contributed by atoms with van der Waals surface area (Å²) in [5.41, 5.74) is 0. The standard InChI is InChI=1S/C6H3Cl2OS2/c7-10-4-1-2-6(11-8)5(9)3-4/h1-3H. The Labute approximate surface area is 82.1 Å². The number of hydrogen-bond acceptors (Lipinski definition) is 2. The highest BCUT2D eigenvalue weighted by Crippen LogP contribution is 2.35. The summed E-state index contributed by atoms with van der Waals surface area (Å²) in [5, 5.41) is 11.1. The van der Waals surface area contributed by atoms with Crippen LogP contribution in [-0.4, -0.2) is 0 Å². The molecule has 0 aliphatic rings. The van der Waals surface area contributed by atoms with Crippen LogP contribution < -0.4 is 0 Å². The van der Waals surface area contributed by atoms with Gasteiger partial charge in [0.1, 0.15) is 0 Å². The molecule has 1 radical (unpaired) electrons. The summed E-state index contributed by atoms with van der Waals surface area (Å²) in [6.07, 6.45) is 0. The average Bonchev–Trinajstić information content (AvgIpc) is 2.04. The fourth-order valence-electron chi connectivity index (χ4n) is 0.600. The van der Waals surface area contributed by atoms with E-state index in [1.165, 1.54) is 6.07 Å². The van der Waals surface area contributed by atoms with Gasteiger partial charge in [-0.1, -0.05) is 0 Å². The predicted octanol–water partition coefficient (Wildman–Crippen LogP) is 4.32. The van der Waals surface area contributed by atoms with E-state index in [0.29, 0.717) is 4.90 Å². The SMILES string of the molecule is [O]c1cc(SCl)ccc1SCl. The quantitative estimate of drug-likeness (QED) is 0.748. The van der Waals surface area contributed by atoms with E-state index in [1.54, 1.807) is 12.1 Å². The first-order chi connectivity index (χ1) is 5.27. The summed E-state index contributed by atoms with van der Waals surface area (Å²) in [4.78, 5) is 1.27. The smallest absolute Gasteiger partial charge is 0.194 e. The second-order valence-corrected chi connectivity index (χ2v) is 3.91. The van der Waals surface area contributed by atoms with Crippen LogP contribution in [0, 0.1) is 0 Å². The third-order valence-corrected chi connectivity index (χ3v) is 3.06. The van der Waals surface area contributed by atoms with E-state index in [4.69, 9.17) is 21.4 Å². The minimum Gasteiger partial charge on any atom is -0.289 e. The molecule has 0 bridgehead atoms. The molecule has 0 aliphatic heterocycles. The van der Waals surface area contributed by atoms with E-state index in [0.717, 1.165) is 26.8 Å². The van der Waals surface area contributed by atoms with Gasteiger partial charge in [0.2, 0.25) is 0 Å². The van der Waals surface area contributed by atoms with Gasteiger partial charge in [0, 0.05) is 11.0 Å². The molecule has 0 amide bonds. The minimum absolute atomic E-state index is 0.0874. The number of benzene rings is 1. The van der Waals surface area contributed by atoms with Gasteiger partial charge < -0.3 is 0 Å². The van der Waals surface area contributed by atoms with E-state index in [1.807, 2.05) is 0 Å². The van der Waals surface area contributed by atoms with Gasteiger partial charge >= 0.3 is 0 Å². The van der Waals surface area contributed by atoms with Crippen molar-refractivity contribution >= 4 is 43.3 Å². The number of hydrogen-bond donors (Lipinski definition) is 0. The van der Waals surface area contributed by atoms with E-state index in [9.17, 15) is 5.11 Å². The van der Waals surface area contributed by atoms with Gasteiger partial charge in [-0.15, -0.1) is 0 Å². The molecule has 0 spiro atoms. The summed E-state index contributed by atoms with van der Waals surface area (Å²) >= 11 is 0. The van der Waals surface area contributed by atoms with Crippen molar-refractivity contribution in [2.45, 2.75) is 9.79 Å². The molecule has 5 heteroatoms. The van der Waals surface area contributed by atoms with Crippen molar-refractivity contribution in [2.24, 2.45) is 0 Å². The zero-order valence-electron chi connectivity index (χ0n) is 5.21. The van der Waals surface area contributed by atoms with Crippen LogP contribution in [0.25, 0.3) is 0 Å². The Morgan fingerprint density at radius 3 is 2.36 bits per heavy atom. The topological polar surface area (TPSA) is 19.9 Å². The van der Waals surface area contributed by atoms with Gasteiger partial charge in [0.25, 0.3) is 0 Å². The van der Waals surface area contributed by atoms with Crippen LogP contribution in [0.4, 0.5) is 0 Å². The average molecular weight is 226 g/mol. The number of rotatable bonds is 2. The van der Waals surface area contributed by atoms with Gasteiger partial charge in [0.05, 0.1) is 4.90 Å². The van der Waals surface area contributed by atoms with Crippen LogP contribution in [0.3, 0.4) is 0 Å².